The van der Waals surface area contributed by atoms with Gasteiger partial charge in [-0.3, -0.25) is 9.48 Å². The molecular formula is C22H22F3N3O2. The van der Waals surface area contributed by atoms with Crippen molar-refractivity contribution in [3.8, 4) is 11.1 Å². The molecule has 8 heteroatoms. The van der Waals surface area contributed by atoms with Crippen molar-refractivity contribution in [2.45, 2.75) is 33.5 Å². The van der Waals surface area contributed by atoms with Crippen LogP contribution < -0.4 is 5.32 Å². The van der Waals surface area contributed by atoms with Crippen molar-refractivity contribution in [2.24, 2.45) is 0 Å². The summed E-state index contributed by atoms with van der Waals surface area (Å²) in [6.07, 6.45) is -4.42. The molecule has 0 fully saturated rings. The molecule has 0 amide bonds. The third-order valence-electron chi connectivity index (χ3n) is 4.63. The Bertz CT molecular complexity index is 1060. The van der Waals surface area contributed by atoms with E-state index in [-0.39, 0.29) is 19.1 Å². The summed E-state index contributed by atoms with van der Waals surface area (Å²) in [5, 5.41) is 7.52. The molecule has 1 N–H and O–H groups in total. The highest BCUT2D eigenvalue weighted by atomic mass is 19.4. The number of aromatic nitrogens is 2. The van der Waals surface area contributed by atoms with Gasteiger partial charge < -0.3 is 10.1 Å². The molecule has 0 aliphatic carbocycles. The first kappa shape index (κ1) is 21.4. The fourth-order valence-electron chi connectivity index (χ4n) is 3.31. The molecule has 0 saturated carbocycles. The number of anilines is 2. The molecule has 3 rings (SSSR count). The topological polar surface area (TPSA) is 56.2 Å². The average molecular weight is 417 g/mol. The number of hydrogen-bond acceptors (Lipinski definition) is 4. The molecule has 0 aliphatic heterocycles. The normalized spacial score (nSPS) is 11.4. The SMILES string of the molecule is CCOC(=O)Cn1nc(C)c(-c2ccccc2Nc2cccc(C(F)(F)F)c2)c1C. The lowest BCUT2D eigenvalue weighted by Gasteiger charge is -2.14. The summed E-state index contributed by atoms with van der Waals surface area (Å²) in [6, 6.07) is 12.3. The van der Waals surface area contributed by atoms with Crippen molar-refractivity contribution >= 4 is 17.3 Å². The molecule has 5 nitrogen and oxygen atoms in total. The van der Waals surface area contributed by atoms with Crippen LogP contribution in [-0.4, -0.2) is 22.4 Å². The lowest BCUT2D eigenvalue weighted by Crippen LogP contribution is -2.15. The second kappa shape index (κ2) is 8.61. The summed E-state index contributed by atoms with van der Waals surface area (Å²) < 4.78 is 45.7. The number of nitrogens with one attached hydrogen (secondary N) is 1. The Kier molecular flexibility index (Phi) is 6.14. The van der Waals surface area contributed by atoms with Crippen molar-refractivity contribution < 1.29 is 22.7 Å². The predicted molar refractivity (Wildman–Crippen MR) is 108 cm³/mol. The number of para-hydroxylation sites is 1. The summed E-state index contributed by atoms with van der Waals surface area (Å²) >= 11 is 0. The maximum Gasteiger partial charge on any atom is 0.416 e. The van der Waals surface area contributed by atoms with E-state index >= 15 is 0 Å². The zero-order valence-electron chi connectivity index (χ0n) is 16.9. The van der Waals surface area contributed by atoms with Gasteiger partial charge in [0.25, 0.3) is 0 Å². The molecule has 0 unspecified atom stereocenters. The monoisotopic (exact) mass is 417 g/mol. The molecule has 0 saturated heterocycles. The van der Waals surface area contributed by atoms with Gasteiger partial charge >= 0.3 is 12.1 Å². The fourth-order valence-corrected chi connectivity index (χ4v) is 3.31. The molecule has 1 heterocycles. The van der Waals surface area contributed by atoms with Gasteiger partial charge in [-0.05, 0) is 45.0 Å². The van der Waals surface area contributed by atoms with Crippen molar-refractivity contribution in [3.63, 3.8) is 0 Å². The fraction of sp³-hybridized carbons (Fsp3) is 0.273. The maximum atomic E-state index is 13.0. The third kappa shape index (κ3) is 4.64. The van der Waals surface area contributed by atoms with Crippen molar-refractivity contribution in [1.29, 1.82) is 0 Å². The Morgan fingerprint density at radius 1 is 1.13 bits per heavy atom. The number of aryl methyl sites for hydroxylation is 1. The van der Waals surface area contributed by atoms with E-state index in [2.05, 4.69) is 10.4 Å². The van der Waals surface area contributed by atoms with Gasteiger partial charge in [-0.25, -0.2) is 0 Å². The number of esters is 1. The second-order valence-corrected chi connectivity index (χ2v) is 6.76. The van der Waals surface area contributed by atoms with Crippen LogP contribution in [-0.2, 0) is 22.3 Å². The van der Waals surface area contributed by atoms with Gasteiger partial charge in [0, 0.05) is 28.2 Å². The molecule has 0 bridgehead atoms. The van der Waals surface area contributed by atoms with Crippen molar-refractivity contribution in [2.75, 3.05) is 11.9 Å². The molecule has 0 spiro atoms. The van der Waals surface area contributed by atoms with E-state index < -0.39 is 11.7 Å². The first-order valence-electron chi connectivity index (χ1n) is 9.44. The van der Waals surface area contributed by atoms with Crippen LogP contribution in [0.3, 0.4) is 0 Å². The smallest absolute Gasteiger partial charge is 0.416 e. The first-order valence-corrected chi connectivity index (χ1v) is 9.44. The summed E-state index contributed by atoms with van der Waals surface area (Å²) in [7, 11) is 0. The minimum Gasteiger partial charge on any atom is -0.465 e. The molecule has 3 aromatic rings. The predicted octanol–water partition coefficient (Wildman–Crippen LogP) is 5.49. The van der Waals surface area contributed by atoms with Crippen LogP contribution in [0.5, 0.6) is 0 Å². The highest BCUT2D eigenvalue weighted by Crippen LogP contribution is 2.36. The van der Waals surface area contributed by atoms with Gasteiger partial charge in [-0.15, -0.1) is 0 Å². The molecule has 0 atom stereocenters. The highest BCUT2D eigenvalue weighted by Gasteiger charge is 2.30. The van der Waals surface area contributed by atoms with E-state index in [0.717, 1.165) is 29.0 Å². The zero-order chi connectivity index (χ0) is 21.9. The second-order valence-electron chi connectivity index (χ2n) is 6.76. The number of halogens is 3. The largest absolute Gasteiger partial charge is 0.465 e. The molecule has 158 valence electrons. The number of hydrogen-bond donors (Lipinski definition) is 1. The van der Waals surface area contributed by atoms with E-state index in [9.17, 15) is 18.0 Å². The van der Waals surface area contributed by atoms with Crippen molar-refractivity contribution in [3.05, 3.63) is 65.5 Å². The number of ether oxygens (including phenoxy) is 1. The first-order chi connectivity index (χ1) is 14.2. The average Bonchev–Trinajstić information content (AvgIpc) is 2.95. The van der Waals surface area contributed by atoms with Crippen LogP contribution in [0, 0.1) is 13.8 Å². The van der Waals surface area contributed by atoms with Crippen LogP contribution >= 0.6 is 0 Å². The molecule has 30 heavy (non-hydrogen) atoms. The lowest BCUT2D eigenvalue weighted by molar-refractivity contribution is -0.144. The number of nitrogens with zero attached hydrogens (tertiary/aromatic N) is 2. The van der Waals surface area contributed by atoms with Gasteiger partial charge in [0.15, 0.2) is 0 Å². The van der Waals surface area contributed by atoms with Gasteiger partial charge in [0.1, 0.15) is 6.54 Å². The van der Waals surface area contributed by atoms with E-state index in [1.165, 1.54) is 6.07 Å². The Morgan fingerprint density at radius 2 is 1.87 bits per heavy atom. The number of benzene rings is 2. The van der Waals surface area contributed by atoms with Gasteiger partial charge in [0.05, 0.1) is 17.9 Å². The summed E-state index contributed by atoms with van der Waals surface area (Å²) in [5.41, 5.74) is 3.30. The van der Waals surface area contributed by atoms with Gasteiger partial charge in [0.2, 0.25) is 0 Å². The number of rotatable bonds is 6. The Balaban J connectivity index is 1.97. The Morgan fingerprint density at radius 3 is 2.57 bits per heavy atom. The number of carbonyl (C=O) groups is 1. The Labute approximate surface area is 172 Å². The van der Waals surface area contributed by atoms with Crippen LogP contribution in [0.4, 0.5) is 24.5 Å². The molecular weight excluding hydrogens is 395 g/mol. The van der Waals surface area contributed by atoms with Gasteiger partial charge in [-0.2, -0.15) is 18.3 Å². The Hall–Kier alpha value is -3.29. The van der Waals surface area contributed by atoms with Gasteiger partial charge in [-0.1, -0.05) is 24.3 Å². The molecule has 2 aromatic carbocycles. The van der Waals surface area contributed by atoms with Crippen LogP contribution in [0.15, 0.2) is 48.5 Å². The standard InChI is InChI=1S/C22H22F3N3O2/c1-4-30-20(29)13-28-15(3)21(14(2)27-28)18-10-5-6-11-19(18)26-17-9-7-8-16(12-17)22(23,24)25/h5-12,26H,4,13H2,1-3H3. The number of alkyl halides is 3. The third-order valence-corrected chi connectivity index (χ3v) is 4.63. The van der Waals surface area contributed by atoms with E-state index in [1.807, 2.05) is 26.0 Å². The minimum absolute atomic E-state index is 0.0102. The van der Waals surface area contributed by atoms with E-state index in [4.69, 9.17) is 4.74 Å². The van der Waals surface area contributed by atoms with E-state index in [0.29, 0.717) is 17.1 Å². The molecule has 0 radical (unpaired) electrons. The number of carbonyl (C=O) groups excluding carboxylic acids is 1. The summed E-state index contributed by atoms with van der Waals surface area (Å²) in [6.45, 7) is 5.68. The molecule has 0 aliphatic rings. The summed E-state index contributed by atoms with van der Waals surface area (Å²) in [5.74, 6) is -0.384. The van der Waals surface area contributed by atoms with Crippen LogP contribution in [0.2, 0.25) is 0 Å². The van der Waals surface area contributed by atoms with E-state index in [1.54, 1.807) is 29.8 Å². The van der Waals surface area contributed by atoms with Crippen molar-refractivity contribution in [1.82, 2.24) is 9.78 Å². The van der Waals surface area contributed by atoms with Crippen LogP contribution in [0.25, 0.3) is 11.1 Å². The van der Waals surface area contributed by atoms with Crippen LogP contribution in [0.1, 0.15) is 23.9 Å². The highest BCUT2D eigenvalue weighted by molar-refractivity contribution is 5.83. The maximum absolute atomic E-state index is 13.0. The molecule has 1 aromatic heterocycles. The minimum atomic E-state index is -4.42. The lowest BCUT2D eigenvalue weighted by atomic mass is 10.0. The zero-order valence-corrected chi connectivity index (χ0v) is 16.9. The summed E-state index contributed by atoms with van der Waals surface area (Å²) in [4.78, 5) is 11.9. The quantitative estimate of drug-likeness (QED) is 0.539.